The third kappa shape index (κ3) is 6.26. The first-order valence-electron chi connectivity index (χ1n) is 6.96. The highest BCUT2D eigenvalue weighted by Crippen LogP contribution is 2.27. The van der Waals surface area contributed by atoms with Crippen LogP contribution in [-0.4, -0.2) is 23.7 Å². The Kier molecular flexibility index (Phi) is 6.84. The maximum atomic E-state index is 11.6. The number of pyridine rings is 1. The molecule has 0 radical (unpaired) electrons. The van der Waals surface area contributed by atoms with Gasteiger partial charge in [0.05, 0.1) is 23.5 Å². The van der Waals surface area contributed by atoms with Crippen molar-refractivity contribution in [3.8, 4) is 5.75 Å². The van der Waals surface area contributed by atoms with Crippen LogP contribution in [0.2, 0.25) is 10.0 Å². The molecule has 0 unspecified atom stereocenters. The van der Waals surface area contributed by atoms with Gasteiger partial charge in [-0.05, 0) is 36.8 Å². The molecule has 0 fully saturated rings. The minimum atomic E-state index is -0.192. The molecule has 0 aliphatic carbocycles. The summed E-state index contributed by atoms with van der Waals surface area (Å²) in [5.41, 5.74) is 3.11. The Morgan fingerprint density at radius 1 is 1.30 bits per heavy atom. The average molecular weight is 352 g/mol. The van der Waals surface area contributed by atoms with Crippen molar-refractivity contribution in [2.45, 2.75) is 12.8 Å². The molecule has 7 heteroatoms. The predicted octanol–water partition coefficient (Wildman–Crippen LogP) is 3.70. The Morgan fingerprint density at radius 2 is 2.17 bits per heavy atom. The van der Waals surface area contributed by atoms with Crippen LogP contribution in [0.1, 0.15) is 18.5 Å². The number of hydrogen-bond donors (Lipinski definition) is 1. The Hall–Kier alpha value is -2.11. The van der Waals surface area contributed by atoms with Crippen molar-refractivity contribution in [3.63, 3.8) is 0 Å². The van der Waals surface area contributed by atoms with Gasteiger partial charge in [-0.1, -0.05) is 29.3 Å². The van der Waals surface area contributed by atoms with Gasteiger partial charge in [-0.25, -0.2) is 5.43 Å². The topological polar surface area (TPSA) is 63.6 Å². The molecule has 0 aliphatic heterocycles. The summed E-state index contributed by atoms with van der Waals surface area (Å²) in [5.74, 6) is 0.354. The van der Waals surface area contributed by atoms with E-state index in [1.807, 2.05) is 12.1 Å². The second-order valence-electron chi connectivity index (χ2n) is 4.57. The molecule has 0 bridgehead atoms. The Bertz CT molecular complexity index is 678. The third-order valence-electron chi connectivity index (χ3n) is 2.77. The van der Waals surface area contributed by atoms with Gasteiger partial charge in [-0.2, -0.15) is 5.10 Å². The molecule has 0 saturated heterocycles. The number of hydrogen-bond acceptors (Lipinski definition) is 4. The van der Waals surface area contributed by atoms with Crippen molar-refractivity contribution in [2.75, 3.05) is 6.61 Å². The van der Waals surface area contributed by atoms with Crippen LogP contribution in [0.15, 0.2) is 47.7 Å². The number of carbonyl (C=O) groups excluding carboxylic acids is 1. The summed E-state index contributed by atoms with van der Waals surface area (Å²) in [6.45, 7) is 0.374. The summed E-state index contributed by atoms with van der Waals surface area (Å²) in [6.07, 6.45) is 3.99. The second-order valence-corrected chi connectivity index (χ2v) is 5.42. The number of aromatic nitrogens is 1. The third-order valence-corrected chi connectivity index (χ3v) is 3.30. The van der Waals surface area contributed by atoms with Crippen LogP contribution in [-0.2, 0) is 4.79 Å². The zero-order valence-electron chi connectivity index (χ0n) is 12.2. The molecular formula is C16H15Cl2N3O2. The van der Waals surface area contributed by atoms with Crippen molar-refractivity contribution >= 4 is 35.3 Å². The number of amides is 1. The van der Waals surface area contributed by atoms with Crippen molar-refractivity contribution < 1.29 is 9.53 Å². The molecule has 1 amide bonds. The molecule has 0 saturated carbocycles. The second kappa shape index (κ2) is 9.12. The van der Waals surface area contributed by atoms with Crippen LogP contribution in [0.25, 0.3) is 0 Å². The normalized spacial score (nSPS) is 10.7. The van der Waals surface area contributed by atoms with Gasteiger partial charge in [0, 0.05) is 17.6 Å². The van der Waals surface area contributed by atoms with E-state index in [0.29, 0.717) is 40.9 Å². The molecule has 1 aromatic carbocycles. The lowest BCUT2D eigenvalue weighted by Gasteiger charge is -2.07. The van der Waals surface area contributed by atoms with Gasteiger partial charge in [0.2, 0.25) is 5.91 Å². The zero-order valence-corrected chi connectivity index (χ0v) is 13.7. The Labute approximate surface area is 144 Å². The Morgan fingerprint density at radius 3 is 2.91 bits per heavy atom. The van der Waals surface area contributed by atoms with E-state index in [1.54, 1.807) is 30.5 Å². The van der Waals surface area contributed by atoms with E-state index in [2.05, 4.69) is 15.5 Å². The summed E-state index contributed by atoms with van der Waals surface area (Å²) in [4.78, 5) is 15.7. The van der Waals surface area contributed by atoms with Gasteiger partial charge in [0.15, 0.2) is 0 Å². The van der Waals surface area contributed by atoms with Crippen molar-refractivity contribution in [1.82, 2.24) is 10.4 Å². The smallest absolute Gasteiger partial charge is 0.240 e. The molecule has 1 aromatic heterocycles. The number of nitrogens with zero attached hydrogens (tertiary/aromatic N) is 2. The molecule has 120 valence electrons. The van der Waals surface area contributed by atoms with Crippen LogP contribution in [0.5, 0.6) is 5.75 Å². The fourth-order valence-corrected chi connectivity index (χ4v) is 2.15. The SMILES string of the molecule is O=C(CCCOc1ccc(Cl)cc1Cl)N/N=C\c1ccccn1. The van der Waals surface area contributed by atoms with Gasteiger partial charge in [0.25, 0.3) is 0 Å². The number of hydrazone groups is 1. The van der Waals surface area contributed by atoms with E-state index >= 15 is 0 Å². The van der Waals surface area contributed by atoms with Crippen LogP contribution in [0.3, 0.4) is 0 Å². The Balaban J connectivity index is 1.66. The van der Waals surface area contributed by atoms with Gasteiger partial charge >= 0.3 is 0 Å². The molecular weight excluding hydrogens is 337 g/mol. The monoisotopic (exact) mass is 351 g/mol. The van der Waals surface area contributed by atoms with Crippen LogP contribution in [0.4, 0.5) is 0 Å². The van der Waals surface area contributed by atoms with Crippen LogP contribution >= 0.6 is 23.2 Å². The zero-order chi connectivity index (χ0) is 16.5. The largest absolute Gasteiger partial charge is 0.492 e. The summed E-state index contributed by atoms with van der Waals surface area (Å²) in [7, 11) is 0. The van der Waals surface area contributed by atoms with E-state index in [9.17, 15) is 4.79 Å². The molecule has 2 aromatic rings. The van der Waals surface area contributed by atoms with Crippen LogP contribution in [0, 0.1) is 0 Å². The van der Waals surface area contributed by atoms with E-state index < -0.39 is 0 Å². The lowest BCUT2D eigenvalue weighted by atomic mass is 10.3. The average Bonchev–Trinajstić information content (AvgIpc) is 2.54. The van der Waals surface area contributed by atoms with Gasteiger partial charge in [-0.3, -0.25) is 9.78 Å². The lowest BCUT2D eigenvalue weighted by molar-refractivity contribution is -0.121. The molecule has 0 spiro atoms. The van der Waals surface area contributed by atoms with E-state index in [0.717, 1.165) is 0 Å². The number of nitrogens with one attached hydrogen (secondary N) is 1. The summed E-state index contributed by atoms with van der Waals surface area (Å²) in [5, 5.41) is 4.83. The molecule has 2 rings (SSSR count). The molecule has 0 atom stereocenters. The molecule has 5 nitrogen and oxygen atoms in total. The number of halogens is 2. The minimum absolute atomic E-state index is 0.192. The van der Waals surface area contributed by atoms with Crippen LogP contribution < -0.4 is 10.2 Å². The first kappa shape index (κ1) is 17.2. The summed E-state index contributed by atoms with van der Waals surface area (Å²) >= 11 is 11.8. The van der Waals surface area contributed by atoms with Crippen molar-refractivity contribution in [1.29, 1.82) is 0 Å². The van der Waals surface area contributed by atoms with E-state index in [4.69, 9.17) is 27.9 Å². The first-order valence-corrected chi connectivity index (χ1v) is 7.71. The minimum Gasteiger partial charge on any atom is -0.492 e. The maximum absolute atomic E-state index is 11.6. The number of carbonyl (C=O) groups is 1. The lowest BCUT2D eigenvalue weighted by Crippen LogP contribution is -2.18. The maximum Gasteiger partial charge on any atom is 0.240 e. The van der Waals surface area contributed by atoms with Gasteiger partial charge < -0.3 is 4.74 Å². The van der Waals surface area contributed by atoms with Crippen molar-refractivity contribution in [2.24, 2.45) is 5.10 Å². The summed E-state index contributed by atoms with van der Waals surface area (Å²) in [6, 6.07) is 10.4. The van der Waals surface area contributed by atoms with E-state index in [1.165, 1.54) is 6.21 Å². The highest BCUT2D eigenvalue weighted by atomic mass is 35.5. The standard InChI is InChI=1S/C16H15Cl2N3O2/c17-12-6-7-15(14(18)10-12)23-9-3-5-16(22)21-20-11-13-4-1-2-8-19-13/h1-2,4,6-8,10-11H,3,5,9H2,(H,21,22)/b20-11-. The highest BCUT2D eigenvalue weighted by Gasteiger charge is 2.04. The molecule has 23 heavy (non-hydrogen) atoms. The number of rotatable bonds is 7. The van der Waals surface area contributed by atoms with Gasteiger partial charge in [-0.15, -0.1) is 0 Å². The quantitative estimate of drug-likeness (QED) is 0.470. The molecule has 1 heterocycles. The number of ether oxygens (including phenoxy) is 1. The molecule has 0 aliphatic rings. The predicted molar refractivity (Wildman–Crippen MR) is 91.2 cm³/mol. The first-order chi connectivity index (χ1) is 11.1. The fraction of sp³-hybridized carbons (Fsp3) is 0.188. The fourth-order valence-electron chi connectivity index (χ4n) is 1.69. The highest BCUT2D eigenvalue weighted by molar-refractivity contribution is 6.35. The van der Waals surface area contributed by atoms with Crippen molar-refractivity contribution in [3.05, 3.63) is 58.3 Å². The van der Waals surface area contributed by atoms with E-state index in [-0.39, 0.29) is 5.91 Å². The molecule has 1 N–H and O–H groups in total. The summed E-state index contributed by atoms with van der Waals surface area (Å²) < 4.78 is 5.50. The number of benzene rings is 1. The van der Waals surface area contributed by atoms with Gasteiger partial charge in [0.1, 0.15) is 5.75 Å².